The lowest BCUT2D eigenvalue weighted by molar-refractivity contribution is 0.0526. The number of anilines is 1. The predicted octanol–water partition coefficient (Wildman–Crippen LogP) is 0.519. The second-order valence-electron chi connectivity index (χ2n) is 5.66. The lowest BCUT2D eigenvalue weighted by Gasteiger charge is -2.22. The number of hydrogen-bond donors (Lipinski definition) is 2. The van der Waals surface area contributed by atoms with Crippen LogP contribution in [0.2, 0.25) is 0 Å². The van der Waals surface area contributed by atoms with E-state index in [0.29, 0.717) is 16.9 Å². The number of hydrogen-bond acceptors (Lipinski definition) is 5. The summed E-state index contributed by atoms with van der Waals surface area (Å²) in [5, 5.41) is 17.2. The van der Waals surface area contributed by atoms with Crippen LogP contribution in [0.25, 0.3) is 0 Å². The third-order valence-corrected chi connectivity index (χ3v) is 3.39. The zero-order valence-corrected chi connectivity index (χ0v) is 13.2. The minimum atomic E-state index is -1.18. The molecule has 2 aromatic heterocycles. The number of nitrogens with zero attached hydrogens (tertiary/aromatic N) is 4. The molecule has 0 fully saturated rings. The normalized spacial score (nSPS) is 13.5. The lowest BCUT2D eigenvalue weighted by atomic mass is 9.99. The van der Waals surface area contributed by atoms with Crippen molar-refractivity contribution < 1.29 is 9.90 Å². The molecule has 2 heterocycles. The maximum Gasteiger partial charge on any atom is 0.251 e. The maximum atomic E-state index is 12.2. The van der Waals surface area contributed by atoms with Gasteiger partial charge >= 0.3 is 0 Å². The van der Waals surface area contributed by atoms with Crippen LogP contribution < -0.4 is 10.2 Å². The van der Waals surface area contributed by atoms with Crippen molar-refractivity contribution in [2.24, 2.45) is 7.05 Å². The second-order valence-corrected chi connectivity index (χ2v) is 5.66. The van der Waals surface area contributed by atoms with Crippen molar-refractivity contribution in [3.05, 3.63) is 41.9 Å². The molecule has 118 valence electrons. The van der Waals surface area contributed by atoms with E-state index < -0.39 is 5.60 Å². The Morgan fingerprint density at radius 3 is 2.82 bits per heavy atom. The summed E-state index contributed by atoms with van der Waals surface area (Å²) < 4.78 is 1.61. The SMILES string of the molecule is CN(C)c1cc(C(=O)NCC(C)(O)c2cnn(C)c2)ccn1. The Bertz CT molecular complexity index is 663. The molecule has 22 heavy (non-hydrogen) atoms. The van der Waals surface area contributed by atoms with Crippen LogP contribution in [0, 0.1) is 0 Å². The average Bonchev–Trinajstić information content (AvgIpc) is 2.92. The summed E-state index contributed by atoms with van der Waals surface area (Å²) in [7, 11) is 5.49. The van der Waals surface area contributed by atoms with Crippen LogP contribution in [-0.4, -0.2) is 46.4 Å². The van der Waals surface area contributed by atoms with Gasteiger partial charge in [-0.1, -0.05) is 0 Å². The Hall–Kier alpha value is -2.41. The van der Waals surface area contributed by atoms with Crippen LogP contribution in [-0.2, 0) is 12.6 Å². The summed E-state index contributed by atoms with van der Waals surface area (Å²) in [6, 6.07) is 3.34. The van der Waals surface area contributed by atoms with Gasteiger partial charge in [-0.15, -0.1) is 0 Å². The first-order valence-corrected chi connectivity index (χ1v) is 6.92. The minimum absolute atomic E-state index is 0.0944. The number of rotatable bonds is 5. The average molecular weight is 303 g/mol. The molecule has 0 aromatic carbocycles. The van der Waals surface area contributed by atoms with E-state index in [-0.39, 0.29) is 12.5 Å². The van der Waals surface area contributed by atoms with Gasteiger partial charge in [-0.2, -0.15) is 5.10 Å². The predicted molar refractivity (Wildman–Crippen MR) is 83.7 cm³/mol. The highest BCUT2D eigenvalue weighted by Gasteiger charge is 2.25. The van der Waals surface area contributed by atoms with Crippen molar-refractivity contribution in [3.8, 4) is 0 Å². The first-order chi connectivity index (χ1) is 10.3. The molecule has 0 saturated heterocycles. The van der Waals surface area contributed by atoms with Crippen LogP contribution in [0.15, 0.2) is 30.7 Å². The fraction of sp³-hybridized carbons (Fsp3) is 0.400. The number of aryl methyl sites for hydroxylation is 1. The van der Waals surface area contributed by atoms with E-state index in [1.807, 2.05) is 19.0 Å². The summed E-state index contributed by atoms with van der Waals surface area (Å²) in [4.78, 5) is 18.2. The van der Waals surface area contributed by atoms with Gasteiger partial charge in [0.25, 0.3) is 5.91 Å². The molecule has 2 N–H and O–H groups in total. The number of pyridine rings is 1. The number of amides is 1. The summed E-state index contributed by atoms with van der Waals surface area (Å²) in [5.41, 5.74) is -0.0267. The number of nitrogens with one attached hydrogen (secondary N) is 1. The number of aliphatic hydroxyl groups is 1. The van der Waals surface area contributed by atoms with Crippen molar-refractivity contribution in [2.75, 3.05) is 25.5 Å². The van der Waals surface area contributed by atoms with Crippen molar-refractivity contribution in [2.45, 2.75) is 12.5 Å². The maximum absolute atomic E-state index is 12.2. The van der Waals surface area contributed by atoms with Gasteiger partial charge in [0.1, 0.15) is 11.4 Å². The quantitative estimate of drug-likeness (QED) is 0.841. The largest absolute Gasteiger partial charge is 0.383 e. The van der Waals surface area contributed by atoms with Crippen molar-refractivity contribution in [1.29, 1.82) is 0 Å². The molecule has 0 spiro atoms. The van der Waals surface area contributed by atoms with Gasteiger partial charge < -0.3 is 15.3 Å². The highest BCUT2D eigenvalue weighted by molar-refractivity contribution is 5.94. The fourth-order valence-electron chi connectivity index (χ4n) is 1.96. The van der Waals surface area contributed by atoms with Gasteiger partial charge in [-0.3, -0.25) is 9.48 Å². The molecular weight excluding hydrogens is 282 g/mol. The lowest BCUT2D eigenvalue weighted by Crippen LogP contribution is -2.38. The third-order valence-electron chi connectivity index (χ3n) is 3.39. The molecule has 2 rings (SSSR count). The standard InChI is InChI=1S/C15H21N5O2/c1-15(22,12-8-18-20(4)9-12)10-17-14(21)11-5-6-16-13(7-11)19(2)3/h5-9,22H,10H2,1-4H3,(H,17,21). The Labute approximate surface area is 129 Å². The van der Waals surface area contributed by atoms with E-state index >= 15 is 0 Å². The van der Waals surface area contributed by atoms with Crippen LogP contribution in [0.1, 0.15) is 22.8 Å². The zero-order valence-electron chi connectivity index (χ0n) is 13.2. The highest BCUT2D eigenvalue weighted by atomic mass is 16.3. The van der Waals surface area contributed by atoms with Crippen LogP contribution in [0.4, 0.5) is 5.82 Å². The first-order valence-electron chi connectivity index (χ1n) is 6.92. The monoisotopic (exact) mass is 303 g/mol. The van der Waals surface area contributed by atoms with Gasteiger partial charge in [0, 0.05) is 44.7 Å². The van der Waals surface area contributed by atoms with Gasteiger partial charge in [-0.05, 0) is 19.1 Å². The van der Waals surface area contributed by atoms with E-state index in [1.165, 1.54) is 0 Å². The molecule has 0 saturated carbocycles. The van der Waals surface area contributed by atoms with Crippen molar-refractivity contribution in [3.63, 3.8) is 0 Å². The van der Waals surface area contributed by atoms with E-state index in [4.69, 9.17) is 0 Å². The molecule has 0 aliphatic carbocycles. The summed E-state index contributed by atoms with van der Waals surface area (Å²) >= 11 is 0. The summed E-state index contributed by atoms with van der Waals surface area (Å²) in [6.07, 6.45) is 4.90. The Kier molecular flexibility index (Phi) is 4.46. The van der Waals surface area contributed by atoms with Gasteiger partial charge in [0.15, 0.2) is 0 Å². The Morgan fingerprint density at radius 1 is 1.50 bits per heavy atom. The summed E-state index contributed by atoms with van der Waals surface area (Å²) in [6.45, 7) is 1.74. The molecule has 1 unspecified atom stereocenters. The van der Waals surface area contributed by atoms with Crippen LogP contribution in [0.3, 0.4) is 0 Å². The van der Waals surface area contributed by atoms with Crippen molar-refractivity contribution >= 4 is 11.7 Å². The smallest absolute Gasteiger partial charge is 0.251 e. The molecule has 1 amide bonds. The molecule has 7 heteroatoms. The van der Waals surface area contributed by atoms with E-state index in [2.05, 4.69) is 15.4 Å². The molecule has 0 aliphatic rings. The highest BCUT2D eigenvalue weighted by Crippen LogP contribution is 2.18. The zero-order chi connectivity index (χ0) is 16.3. The molecule has 0 aliphatic heterocycles. The molecule has 0 bridgehead atoms. The minimum Gasteiger partial charge on any atom is -0.383 e. The second kappa shape index (κ2) is 6.15. The Morgan fingerprint density at radius 2 is 2.23 bits per heavy atom. The molecular formula is C15H21N5O2. The third kappa shape index (κ3) is 3.62. The van der Waals surface area contributed by atoms with Crippen LogP contribution >= 0.6 is 0 Å². The summed E-state index contributed by atoms with van der Waals surface area (Å²) in [5.74, 6) is 0.446. The Balaban J connectivity index is 2.05. The molecule has 0 radical (unpaired) electrons. The van der Waals surface area contributed by atoms with E-state index in [1.54, 1.807) is 49.4 Å². The fourth-order valence-corrected chi connectivity index (χ4v) is 1.96. The van der Waals surface area contributed by atoms with Gasteiger partial charge in [-0.25, -0.2) is 4.98 Å². The number of carbonyl (C=O) groups excluding carboxylic acids is 1. The molecule has 1 atom stereocenters. The van der Waals surface area contributed by atoms with Gasteiger partial charge in [0.05, 0.1) is 12.7 Å². The molecule has 2 aromatic rings. The van der Waals surface area contributed by atoms with E-state index in [0.717, 1.165) is 0 Å². The van der Waals surface area contributed by atoms with Gasteiger partial charge in [0.2, 0.25) is 0 Å². The number of carbonyl (C=O) groups is 1. The molecule has 7 nitrogen and oxygen atoms in total. The van der Waals surface area contributed by atoms with E-state index in [9.17, 15) is 9.90 Å². The number of aromatic nitrogens is 3. The first kappa shape index (κ1) is 16.0. The van der Waals surface area contributed by atoms with Crippen LogP contribution in [0.5, 0.6) is 0 Å². The topological polar surface area (TPSA) is 83.3 Å². The van der Waals surface area contributed by atoms with Crippen molar-refractivity contribution in [1.82, 2.24) is 20.1 Å².